The first-order chi connectivity index (χ1) is 11.0. The number of benzene rings is 2. The van der Waals surface area contributed by atoms with Crippen molar-refractivity contribution in [3.63, 3.8) is 0 Å². The third-order valence-electron chi connectivity index (χ3n) is 3.45. The molecule has 2 N–H and O–H groups in total. The van der Waals surface area contributed by atoms with Crippen LogP contribution in [0.2, 0.25) is 0 Å². The number of carbonyl (C=O) groups excluding carboxylic acids is 2. The fraction of sp³-hybridized carbons (Fsp3) is 0.222. The molecule has 4 nitrogen and oxygen atoms in total. The van der Waals surface area contributed by atoms with Gasteiger partial charge in [-0.25, -0.2) is 4.39 Å². The van der Waals surface area contributed by atoms with Crippen molar-refractivity contribution in [3.05, 3.63) is 59.4 Å². The molecule has 0 saturated heterocycles. The monoisotopic (exact) mass is 314 g/mol. The van der Waals surface area contributed by atoms with E-state index in [1.807, 2.05) is 6.92 Å². The summed E-state index contributed by atoms with van der Waals surface area (Å²) in [5.41, 5.74) is 2.89. The first kappa shape index (κ1) is 16.7. The van der Waals surface area contributed by atoms with Gasteiger partial charge in [-0.3, -0.25) is 9.59 Å². The van der Waals surface area contributed by atoms with E-state index in [-0.39, 0.29) is 24.1 Å². The van der Waals surface area contributed by atoms with Crippen LogP contribution < -0.4 is 10.6 Å². The van der Waals surface area contributed by atoms with E-state index in [4.69, 9.17) is 0 Å². The van der Waals surface area contributed by atoms with E-state index in [0.717, 1.165) is 11.1 Å². The van der Waals surface area contributed by atoms with Crippen molar-refractivity contribution < 1.29 is 14.0 Å². The lowest BCUT2D eigenvalue weighted by Crippen LogP contribution is -2.14. The fourth-order valence-corrected chi connectivity index (χ4v) is 2.26. The summed E-state index contributed by atoms with van der Waals surface area (Å²) in [7, 11) is 0. The zero-order chi connectivity index (χ0) is 16.8. The molecule has 0 saturated carbocycles. The minimum absolute atomic E-state index is 0.155. The van der Waals surface area contributed by atoms with E-state index >= 15 is 0 Å². The van der Waals surface area contributed by atoms with Crippen molar-refractivity contribution in [2.45, 2.75) is 26.7 Å². The Morgan fingerprint density at radius 3 is 2.35 bits per heavy atom. The molecule has 2 aromatic carbocycles. The van der Waals surface area contributed by atoms with E-state index in [0.29, 0.717) is 17.8 Å². The Morgan fingerprint density at radius 1 is 1.04 bits per heavy atom. The van der Waals surface area contributed by atoms with Crippen molar-refractivity contribution in [1.82, 2.24) is 0 Å². The Labute approximate surface area is 134 Å². The third-order valence-corrected chi connectivity index (χ3v) is 3.45. The van der Waals surface area contributed by atoms with Gasteiger partial charge in [0.25, 0.3) is 0 Å². The minimum atomic E-state index is -0.304. The van der Waals surface area contributed by atoms with Crippen LogP contribution in [0.25, 0.3) is 0 Å². The standard InChI is InChI=1S/C18H19FN2O2/c1-12-16(20-13(2)22)7-4-8-17(12)21-18(23)10-9-14-5-3-6-15(19)11-14/h3-8,11H,9-10H2,1-2H3,(H,20,22)(H,21,23). The number of rotatable bonds is 5. The zero-order valence-corrected chi connectivity index (χ0v) is 13.2. The number of hydrogen-bond acceptors (Lipinski definition) is 2. The predicted octanol–water partition coefficient (Wildman–Crippen LogP) is 3.66. The Morgan fingerprint density at radius 2 is 1.70 bits per heavy atom. The molecule has 0 aromatic heterocycles. The highest BCUT2D eigenvalue weighted by Crippen LogP contribution is 2.23. The molecular formula is C18H19FN2O2. The van der Waals surface area contributed by atoms with Gasteiger partial charge in [0, 0.05) is 24.7 Å². The molecule has 0 bridgehead atoms. The Kier molecular flexibility index (Phi) is 5.46. The average Bonchev–Trinajstić information content (AvgIpc) is 2.49. The summed E-state index contributed by atoms with van der Waals surface area (Å²) in [5.74, 6) is -0.623. The largest absolute Gasteiger partial charge is 0.326 e. The second kappa shape index (κ2) is 7.54. The second-order valence-corrected chi connectivity index (χ2v) is 5.34. The van der Waals surface area contributed by atoms with Gasteiger partial charge in [0.05, 0.1) is 0 Å². The lowest BCUT2D eigenvalue weighted by Gasteiger charge is -2.12. The Hall–Kier alpha value is -2.69. The van der Waals surface area contributed by atoms with Crippen LogP contribution in [0.4, 0.5) is 15.8 Å². The van der Waals surface area contributed by atoms with Gasteiger partial charge in [-0.05, 0) is 48.7 Å². The van der Waals surface area contributed by atoms with Crippen molar-refractivity contribution in [1.29, 1.82) is 0 Å². The number of halogens is 1. The molecule has 0 radical (unpaired) electrons. The normalized spacial score (nSPS) is 10.2. The van der Waals surface area contributed by atoms with E-state index in [9.17, 15) is 14.0 Å². The number of amides is 2. The van der Waals surface area contributed by atoms with Gasteiger partial charge in [0.15, 0.2) is 0 Å². The van der Waals surface area contributed by atoms with Gasteiger partial charge >= 0.3 is 0 Å². The summed E-state index contributed by atoms with van der Waals surface area (Å²) in [4.78, 5) is 23.2. The van der Waals surface area contributed by atoms with Crippen molar-refractivity contribution >= 4 is 23.2 Å². The second-order valence-electron chi connectivity index (χ2n) is 5.34. The van der Waals surface area contributed by atoms with Crippen molar-refractivity contribution in [2.24, 2.45) is 0 Å². The molecule has 0 spiro atoms. The molecule has 0 atom stereocenters. The third kappa shape index (κ3) is 4.92. The maximum atomic E-state index is 13.1. The molecule has 5 heteroatoms. The van der Waals surface area contributed by atoms with Crippen molar-refractivity contribution in [3.8, 4) is 0 Å². The highest BCUT2D eigenvalue weighted by atomic mass is 19.1. The Bertz CT molecular complexity index is 729. The van der Waals surface area contributed by atoms with Crippen LogP contribution in [0.15, 0.2) is 42.5 Å². The summed E-state index contributed by atoms with van der Waals surface area (Å²) in [5, 5.41) is 5.54. The summed E-state index contributed by atoms with van der Waals surface area (Å²) in [6, 6.07) is 11.5. The SMILES string of the molecule is CC(=O)Nc1cccc(NC(=O)CCc2cccc(F)c2)c1C. The van der Waals surface area contributed by atoms with Gasteiger partial charge in [-0.15, -0.1) is 0 Å². The van der Waals surface area contributed by atoms with Crippen LogP contribution in [0.5, 0.6) is 0 Å². The molecule has 23 heavy (non-hydrogen) atoms. The highest BCUT2D eigenvalue weighted by molar-refractivity contribution is 5.95. The van der Waals surface area contributed by atoms with E-state index in [2.05, 4.69) is 10.6 Å². The van der Waals surface area contributed by atoms with E-state index in [1.54, 1.807) is 30.3 Å². The van der Waals surface area contributed by atoms with E-state index < -0.39 is 0 Å². The van der Waals surface area contributed by atoms with Gasteiger partial charge in [0.2, 0.25) is 11.8 Å². The minimum Gasteiger partial charge on any atom is -0.326 e. The number of carbonyl (C=O) groups is 2. The molecule has 120 valence electrons. The first-order valence-electron chi connectivity index (χ1n) is 7.37. The number of hydrogen-bond donors (Lipinski definition) is 2. The lowest BCUT2D eigenvalue weighted by atomic mass is 10.1. The maximum absolute atomic E-state index is 13.1. The molecule has 0 aliphatic rings. The molecule has 0 unspecified atom stereocenters. The van der Waals surface area contributed by atoms with Crippen LogP contribution in [0.3, 0.4) is 0 Å². The number of aryl methyl sites for hydroxylation is 1. The van der Waals surface area contributed by atoms with Crippen LogP contribution in [0.1, 0.15) is 24.5 Å². The van der Waals surface area contributed by atoms with Crippen molar-refractivity contribution in [2.75, 3.05) is 10.6 Å². The first-order valence-corrected chi connectivity index (χ1v) is 7.37. The van der Waals surface area contributed by atoms with Gasteiger partial charge in [-0.1, -0.05) is 18.2 Å². The smallest absolute Gasteiger partial charge is 0.224 e. The molecule has 0 aliphatic heterocycles. The number of anilines is 2. The van der Waals surface area contributed by atoms with E-state index in [1.165, 1.54) is 19.1 Å². The summed E-state index contributed by atoms with van der Waals surface area (Å²) >= 11 is 0. The quantitative estimate of drug-likeness (QED) is 0.885. The fourth-order valence-electron chi connectivity index (χ4n) is 2.26. The molecule has 2 rings (SSSR count). The molecule has 0 aliphatic carbocycles. The molecule has 0 fully saturated rings. The lowest BCUT2D eigenvalue weighted by molar-refractivity contribution is -0.116. The zero-order valence-electron chi connectivity index (χ0n) is 13.2. The van der Waals surface area contributed by atoms with Gasteiger partial charge in [-0.2, -0.15) is 0 Å². The van der Waals surface area contributed by atoms with Crippen LogP contribution >= 0.6 is 0 Å². The van der Waals surface area contributed by atoms with Crippen LogP contribution in [-0.4, -0.2) is 11.8 Å². The average molecular weight is 314 g/mol. The summed E-state index contributed by atoms with van der Waals surface area (Å²) in [6.07, 6.45) is 0.723. The van der Waals surface area contributed by atoms with Gasteiger partial charge in [0.1, 0.15) is 5.82 Å². The Balaban J connectivity index is 1.99. The maximum Gasteiger partial charge on any atom is 0.224 e. The van der Waals surface area contributed by atoms with Gasteiger partial charge < -0.3 is 10.6 Å². The summed E-state index contributed by atoms with van der Waals surface area (Å²) in [6.45, 7) is 3.26. The summed E-state index contributed by atoms with van der Waals surface area (Å²) < 4.78 is 13.1. The molecule has 2 aromatic rings. The molecular weight excluding hydrogens is 295 g/mol. The predicted molar refractivity (Wildman–Crippen MR) is 88.8 cm³/mol. The van der Waals surface area contributed by atoms with Crippen LogP contribution in [-0.2, 0) is 16.0 Å². The number of nitrogens with one attached hydrogen (secondary N) is 2. The topological polar surface area (TPSA) is 58.2 Å². The molecule has 0 heterocycles. The highest BCUT2D eigenvalue weighted by Gasteiger charge is 2.09. The van der Waals surface area contributed by atoms with Crippen LogP contribution in [0, 0.1) is 12.7 Å². The molecule has 2 amide bonds.